The Morgan fingerprint density at radius 2 is 1.61 bits per heavy atom. The van der Waals surface area contributed by atoms with E-state index in [4.69, 9.17) is 23.2 Å². The minimum Gasteiger partial charge on any atom is -0.392 e. The maximum absolute atomic E-state index is 10.7. The van der Waals surface area contributed by atoms with E-state index in [1.54, 1.807) is 0 Å². The molecule has 0 aromatic rings. The Kier molecular flexibility index (Phi) is 5.25. The Balaban J connectivity index is 1.96. The van der Waals surface area contributed by atoms with Gasteiger partial charge in [0.15, 0.2) is 0 Å². The summed E-state index contributed by atoms with van der Waals surface area (Å²) < 4.78 is 0. The molecule has 2 fully saturated rings. The smallest absolute Gasteiger partial charge is 0.0613 e. The average molecular weight is 293 g/mol. The average Bonchev–Trinajstić information content (AvgIpc) is 2.28. The lowest BCUT2D eigenvalue weighted by Gasteiger charge is -2.43. The van der Waals surface area contributed by atoms with E-state index in [1.165, 1.54) is 6.42 Å². The molecule has 0 aromatic carbocycles. The monoisotopic (exact) mass is 292 g/mol. The van der Waals surface area contributed by atoms with E-state index in [1.807, 2.05) is 0 Å². The summed E-state index contributed by atoms with van der Waals surface area (Å²) in [5.74, 6) is 1.94. The molecule has 0 aliphatic heterocycles. The highest BCUT2D eigenvalue weighted by Gasteiger charge is 2.40. The Morgan fingerprint density at radius 3 is 2.17 bits per heavy atom. The molecule has 0 saturated heterocycles. The second-order valence-electron chi connectivity index (χ2n) is 6.65. The van der Waals surface area contributed by atoms with E-state index >= 15 is 0 Å². The molecule has 0 bridgehead atoms. The summed E-state index contributed by atoms with van der Waals surface area (Å²) in [5, 5.41) is 11.2. The first kappa shape index (κ1) is 14.9. The maximum Gasteiger partial charge on any atom is 0.0613 e. The lowest BCUT2D eigenvalue weighted by atomic mass is 9.68. The Labute approximate surface area is 121 Å². The van der Waals surface area contributed by atoms with Crippen molar-refractivity contribution >= 4 is 23.2 Å². The summed E-state index contributed by atoms with van der Waals surface area (Å²) in [5.41, 5.74) is 0. The van der Waals surface area contributed by atoms with Crippen LogP contribution in [-0.2, 0) is 0 Å². The zero-order chi connectivity index (χ0) is 13.3. The van der Waals surface area contributed by atoms with Gasteiger partial charge in [-0.1, -0.05) is 13.8 Å². The largest absolute Gasteiger partial charge is 0.392 e. The van der Waals surface area contributed by atoms with Crippen molar-refractivity contribution in [3.63, 3.8) is 0 Å². The van der Waals surface area contributed by atoms with Crippen LogP contribution in [-0.4, -0.2) is 22.0 Å². The van der Waals surface area contributed by atoms with E-state index in [9.17, 15) is 5.11 Å². The van der Waals surface area contributed by atoms with Gasteiger partial charge in [-0.15, -0.1) is 23.2 Å². The third-order valence-corrected chi connectivity index (χ3v) is 5.96. The molecule has 3 heteroatoms. The zero-order valence-electron chi connectivity index (χ0n) is 11.5. The second kappa shape index (κ2) is 6.33. The van der Waals surface area contributed by atoms with Crippen LogP contribution in [0.1, 0.15) is 52.4 Å². The van der Waals surface area contributed by atoms with Crippen molar-refractivity contribution in [1.29, 1.82) is 0 Å². The number of aliphatic hydroxyl groups excluding tert-OH is 1. The predicted molar refractivity (Wildman–Crippen MR) is 78.3 cm³/mol. The van der Waals surface area contributed by atoms with Gasteiger partial charge >= 0.3 is 0 Å². The van der Waals surface area contributed by atoms with Crippen LogP contribution in [0.15, 0.2) is 0 Å². The van der Waals surface area contributed by atoms with Gasteiger partial charge in [-0.3, -0.25) is 0 Å². The quantitative estimate of drug-likeness (QED) is 0.746. The molecule has 2 aliphatic rings. The number of rotatable bonds is 2. The van der Waals surface area contributed by atoms with Gasteiger partial charge in [0.25, 0.3) is 0 Å². The van der Waals surface area contributed by atoms with Crippen molar-refractivity contribution in [2.45, 2.75) is 69.2 Å². The number of halogens is 2. The van der Waals surface area contributed by atoms with Crippen LogP contribution >= 0.6 is 23.2 Å². The normalized spacial score (nSPS) is 47.8. The fourth-order valence-electron chi connectivity index (χ4n) is 4.07. The van der Waals surface area contributed by atoms with Crippen molar-refractivity contribution in [2.24, 2.45) is 23.7 Å². The summed E-state index contributed by atoms with van der Waals surface area (Å²) in [4.78, 5) is 0. The molecule has 2 aliphatic carbocycles. The zero-order valence-corrected chi connectivity index (χ0v) is 13.0. The molecule has 2 saturated carbocycles. The molecule has 0 spiro atoms. The molecular formula is C15H26Cl2O. The Bertz CT molecular complexity index is 251. The fourth-order valence-corrected chi connectivity index (χ4v) is 5.02. The first-order valence-electron chi connectivity index (χ1n) is 7.45. The van der Waals surface area contributed by atoms with E-state index in [0.717, 1.165) is 32.1 Å². The van der Waals surface area contributed by atoms with Crippen LogP contribution in [0.3, 0.4) is 0 Å². The lowest BCUT2D eigenvalue weighted by Crippen LogP contribution is -2.43. The molecule has 106 valence electrons. The van der Waals surface area contributed by atoms with Gasteiger partial charge in [0.2, 0.25) is 0 Å². The maximum atomic E-state index is 10.7. The molecule has 0 radical (unpaired) electrons. The van der Waals surface area contributed by atoms with Gasteiger partial charge < -0.3 is 5.11 Å². The summed E-state index contributed by atoms with van der Waals surface area (Å²) in [6, 6.07) is 0. The summed E-state index contributed by atoms with van der Waals surface area (Å²) in [6.07, 6.45) is 6.27. The molecule has 1 nitrogen and oxygen atoms in total. The lowest BCUT2D eigenvalue weighted by molar-refractivity contribution is -0.00768. The molecule has 18 heavy (non-hydrogen) atoms. The van der Waals surface area contributed by atoms with Crippen LogP contribution in [0.4, 0.5) is 0 Å². The van der Waals surface area contributed by atoms with Crippen molar-refractivity contribution in [3.05, 3.63) is 0 Å². The first-order valence-corrected chi connectivity index (χ1v) is 8.32. The SMILES string of the molecule is CC1CC(C)C(C(O)C2CCC(Cl)CC2)C(Cl)C1. The summed E-state index contributed by atoms with van der Waals surface area (Å²) in [6.45, 7) is 4.53. The van der Waals surface area contributed by atoms with E-state index in [0.29, 0.717) is 23.1 Å². The number of hydrogen-bond acceptors (Lipinski definition) is 1. The number of alkyl halides is 2. The number of hydrogen-bond donors (Lipinski definition) is 1. The molecule has 5 unspecified atom stereocenters. The molecular weight excluding hydrogens is 267 g/mol. The third kappa shape index (κ3) is 3.35. The van der Waals surface area contributed by atoms with Crippen LogP contribution in [0.2, 0.25) is 0 Å². The van der Waals surface area contributed by atoms with Crippen molar-refractivity contribution in [3.8, 4) is 0 Å². The minimum absolute atomic E-state index is 0.146. The Morgan fingerprint density at radius 1 is 1.00 bits per heavy atom. The third-order valence-electron chi connectivity index (χ3n) is 5.06. The highest BCUT2D eigenvalue weighted by molar-refractivity contribution is 6.21. The van der Waals surface area contributed by atoms with Crippen LogP contribution in [0.5, 0.6) is 0 Å². The standard InChI is InChI=1S/C15H26Cl2O/c1-9-7-10(2)14(13(17)8-9)15(18)11-3-5-12(16)6-4-11/h9-15,18H,3-8H2,1-2H3. The molecule has 0 amide bonds. The van der Waals surface area contributed by atoms with Gasteiger partial charge in [-0.05, 0) is 56.3 Å². The van der Waals surface area contributed by atoms with E-state index in [2.05, 4.69) is 13.8 Å². The predicted octanol–water partition coefficient (Wildman–Crippen LogP) is 4.43. The minimum atomic E-state index is -0.223. The van der Waals surface area contributed by atoms with Crippen molar-refractivity contribution < 1.29 is 5.11 Å². The van der Waals surface area contributed by atoms with Crippen molar-refractivity contribution in [1.82, 2.24) is 0 Å². The molecule has 5 atom stereocenters. The van der Waals surface area contributed by atoms with Crippen molar-refractivity contribution in [2.75, 3.05) is 0 Å². The molecule has 2 rings (SSSR count). The van der Waals surface area contributed by atoms with Gasteiger partial charge in [0, 0.05) is 16.7 Å². The molecule has 0 aromatic heterocycles. The molecule has 0 heterocycles. The van der Waals surface area contributed by atoms with Gasteiger partial charge in [-0.25, -0.2) is 0 Å². The van der Waals surface area contributed by atoms with Crippen LogP contribution in [0.25, 0.3) is 0 Å². The van der Waals surface area contributed by atoms with E-state index < -0.39 is 0 Å². The fraction of sp³-hybridized carbons (Fsp3) is 1.00. The molecule has 1 N–H and O–H groups in total. The summed E-state index contributed by atoms with van der Waals surface area (Å²) in [7, 11) is 0. The highest BCUT2D eigenvalue weighted by atomic mass is 35.5. The highest BCUT2D eigenvalue weighted by Crippen LogP contribution is 2.43. The van der Waals surface area contributed by atoms with Crippen LogP contribution in [0, 0.1) is 23.7 Å². The second-order valence-corrected chi connectivity index (χ2v) is 7.83. The first-order chi connectivity index (χ1) is 8.49. The number of aliphatic hydroxyl groups is 1. The Hall–Kier alpha value is 0.540. The van der Waals surface area contributed by atoms with E-state index in [-0.39, 0.29) is 17.4 Å². The topological polar surface area (TPSA) is 20.2 Å². The van der Waals surface area contributed by atoms with Gasteiger partial charge in [0.1, 0.15) is 0 Å². The van der Waals surface area contributed by atoms with Gasteiger partial charge in [0.05, 0.1) is 6.10 Å². The van der Waals surface area contributed by atoms with Crippen LogP contribution < -0.4 is 0 Å². The van der Waals surface area contributed by atoms with Gasteiger partial charge in [-0.2, -0.15) is 0 Å². The summed E-state index contributed by atoms with van der Waals surface area (Å²) >= 11 is 12.7.